The van der Waals surface area contributed by atoms with Gasteiger partial charge in [-0.2, -0.15) is 0 Å². The van der Waals surface area contributed by atoms with Crippen LogP contribution in [0.5, 0.6) is 0 Å². The molecule has 0 spiro atoms. The van der Waals surface area contributed by atoms with Gasteiger partial charge in [0, 0.05) is 16.8 Å². The van der Waals surface area contributed by atoms with E-state index in [1.165, 1.54) is 12.4 Å². The van der Waals surface area contributed by atoms with Gasteiger partial charge >= 0.3 is 0 Å². The van der Waals surface area contributed by atoms with Gasteiger partial charge in [0.15, 0.2) is 0 Å². The minimum Gasteiger partial charge on any atom is -0.368 e. The third kappa shape index (κ3) is 4.02. The highest BCUT2D eigenvalue weighted by Gasteiger charge is 2.12. The van der Waals surface area contributed by atoms with Crippen LogP contribution in [-0.4, -0.2) is 21.8 Å². The van der Waals surface area contributed by atoms with E-state index in [1.54, 1.807) is 42.5 Å². The molecule has 0 aliphatic carbocycles. The SMILES string of the molecule is Cc1ccc(NC(=O)c2ccccc2)cc1C(=O)Nc1cnc(N)nc1. The van der Waals surface area contributed by atoms with Gasteiger partial charge in [-0.25, -0.2) is 9.97 Å². The van der Waals surface area contributed by atoms with Crippen LogP contribution in [0.25, 0.3) is 0 Å². The van der Waals surface area contributed by atoms with Gasteiger partial charge in [0.1, 0.15) is 0 Å². The molecule has 3 rings (SSSR count). The maximum absolute atomic E-state index is 12.5. The summed E-state index contributed by atoms with van der Waals surface area (Å²) in [5, 5.41) is 5.50. The third-order valence-corrected chi connectivity index (χ3v) is 3.71. The molecule has 1 aromatic heterocycles. The van der Waals surface area contributed by atoms with Crippen molar-refractivity contribution in [2.75, 3.05) is 16.4 Å². The number of rotatable bonds is 4. The van der Waals surface area contributed by atoms with Crippen LogP contribution in [0.1, 0.15) is 26.3 Å². The van der Waals surface area contributed by atoms with Crippen molar-refractivity contribution in [2.45, 2.75) is 6.92 Å². The van der Waals surface area contributed by atoms with Gasteiger partial charge in [-0.05, 0) is 36.8 Å². The maximum atomic E-state index is 12.5. The van der Waals surface area contributed by atoms with E-state index in [0.717, 1.165) is 5.56 Å². The van der Waals surface area contributed by atoms with E-state index < -0.39 is 0 Å². The van der Waals surface area contributed by atoms with Gasteiger partial charge in [0.25, 0.3) is 11.8 Å². The van der Waals surface area contributed by atoms with Crippen LogP contribution in [0.2, 0.25) is 0 Å². The van der Waals surface area contributed by atoms with Gasteiger partial charge in [-0.15, -0.1) is 0 Å². The highest BCUT2D eigenvalue weighted by atomic mass is 16.2. The molecular formula is C19H17N5O2. The first-order valence-corrected chi connectivity index (χ1v) is 7.89. The summed E-state index contributed by atoms with van der Waals surface area (Å²) in [6.45, 7) is 1.82. The molecule has 1 heterocycles. The second kappa shape index (κ2) is 7.43. The van der Waals surface area contributed by atoms with Crippen molar-refractivity contribution >= 4 is 29.1 Å². The number of nitrogens with one attached hydrogen (secondary N) is 2. The standard InChI is InChI=1S/C19H17N5O2/c1-12-7-8-14(23-17(25)13-5-3-2-4-6-13)9-16(12)18(26)24-15-10-21-19(20)22-11-15/h2-11H,1H3,(H,23,25)(H,24,26)(H2,20,21,22). The van der Waals surface area contributed by atoms with Crippen molar-refractivity contribution in [1.29, 1.82) is 0 Å². The van der Waals surface area contributed by atoms with E-state index in [1.807, 2.05) is 13.0 Å². The normalized spacial score (nSPS) is 10.2. The molecule has 0 saturated heterocycles. The summed E-state index contributed by atoms with van der Waals surface area (Å²) in [5.74, 6) is -0.441. The molecule has 0 fully saturated rings. The zero-order valence-corrected chi connectivity index (χ0v) is 14.1. The first-order valence-electron chi connectivity index (χ1n) is 7.89. The number of hydrogen-bond donors (Lipinski definition) is 3. The van der Waals surface area contributed by atoms with Gasteiger partial charge in [0.2, 0.25) is 5.95 Å². The highest BCUT2D eigenvalue weighted by molar-refractivity contribution is 6.08. The van der Waals surface area contributed by atoms with Crippen molar-refractivity contribution in [3.8, 4) is 0 Å². The molecule has 0 saturated carbocycles. The summed E-state index contributed by atoms with van der Waals surface area (Å²) in [7, 11) is 0. The number of aryl methyl sites for hydroxylation is 1. The molecule has 0 atom stereocenters. The second-order valence-corrected chi connectivity index (χ2v) is 5.63. The highest BCUT2D eigenvalue weighted by Crippen LogP contribution is 2.18. The molecule has 4 N–H and O–H groups in total. The summed E-state index contributed by atoms with van der Waals surface area (Å²) >= 11 is 0. The smallest absolute Gasteiger partial charge is 0.256 e. The number of aromatic nitrogens is 2. The molecule has 130 valence electrons. The number of nitrogens with zero attached hydrogens (tertiary/aromatic N) is 2. The molecule has 0 aliphatic rings. The Kier molecular flexibility index (Phi) is 4.89. The lowest BCUT2D eigenvalue weighted by atomic mass is 10.1. The molecule has 0 radical (unpaired) electrons. The summed E-state index contributed by atoms with van der Waals surface area (Å²) in [4.78, 5) is 32.4. The van der Waals surface area contributed by atoms with Crippen LogP contribution in [0.4, 0.5) is 17.3 Å². The van der Waals surface area contributed by atoms with Crippen molar-refractivity contribution in [1.82, 2.24) is 9.97 Å². The number of anilines is 3. The van der Waals surface area contributed by atoms with Crippen LogP contribution in [0, 0.1) is 6.92 Å². The Balaban J connectivity index is 1.77. The minimum absolute atomic E-state index is 0.129. The van der Waals surface area contributed by atoms with Gasteiger partial charge in [-0.3, -0.25) is 9.59 Å². The Morgan fingerprint density at radius 1 is 0.885 bits per heavy atom. The predicted octanol–water partition coefficient (Wildman–Crippen LogP) is 2.87. The molecule has 0 unspecified atom stereocenters. The van der Waals surface area contributed by atoms with E-state index in [4.69, 9.17) is 5.73 Å². The van der Waals surface area contributed by atoms with Crippen molar-refractivity contribution in [3.05, 3.63) is 77.6 Å². The zero-order valence-electron chi connectivity index (χ0n) is 14.1. The first kappa shape index (κ1) is 17.1. The number of nitrogen functional groups attached to an aromatic ring is 1. The van der Waals surface area contributed by atoms with E-state index >= 15 is 0 Å². The fraction of sp³-hybridized carbons (Fsp3) is 0.0526. The lowest BCUT2D eigenvalue weighted by Gasteiger charge is -2.11. The molecule has 0 aliphatic heterocycles. The molecular weight excluding hydrogens is 330 g/mol. The van der Waals surface area contributed by atoms with E-state index in [0.29, 0.717) is 22.5 Å². The monoisotopic (exact) mass is 347 g/mol. The minimum atomic E-state index is -0.327. The molecule has 2 aromatic carbocycles. The maximum Gasteiger partial charge on any atom is 0.256 e. The Hall–Kier alpha value is -3.74. The summed E-state index contributed by atoms with van der Waals surface area (Å²) in [6, 6.07) is 14.0. The van der Waals surface area contributed by atoms with Gasteiger partial charge < -0.3 is 16.4 Å². The topological polar surface area (TPSA) is 110 Å². The van der Waals surface area contributed by atoms with Crippen LogP contribution in [0.3, 0.4) is 0 Å². The van der Waals surface area contributed by atoms with Gasteiger partial charge in [0.05, 0.1) is 18.1 Å². The Bertz CT molecular complexity index is 940. The fourth-order valence-electron chi connectivity index (χ4n) is 2.34. The van der Waals surface area contributed by atoms with Crippen LogP contribution < -0.4 is 16.4 Å². The number of hydrogen-bond acceptors (Lipinski definition) is 5. The van der Waals surface area contributed by atoms with Crippen LogP contribution >= 0.6 is 0 Å². The van der Waals surface area contributed by atoms with Gasteiger partial charge in [-0.1, -0.05) is 24.3 Å². The van der Waals surface area contributed by atoms with E-state index in [-0.39, 0.29) is 17.8 Å². The number of carbonyl (C=O) groups excluding carboxylic acids is 2. The average Bonchev–Trinajstić information content (AvgIpc) is 2.65. The van der Waals surface area contributed by atoms with E-state index in [2.05, 4.69) is 20.6 Å². The summed E-state index contributed by atoms with van der Waals surface area (Å²) in [6.07, 6.45) is 2.85. The Labute approximate surface area is 150 Å². The average molecular weight is 347 g/mol. The number of amides is 2. The molecule has 7 nitrogen and oxygen atoms in total. The summed E-state index contributed by atoms with van der Waals surface area (Å²) in [5.41, 5.74) is 8.15. The number of carbonyl (C=O) groups is 2. The number of nitrogens with two attached hydrogens (primary N) is 1. The van der Waals surface area contributed by atoms with Crippen molar-refractivity contribution < 1.29 is 9.59 Å². The Morgan fingerprint density at radius 3 is 2.23 bits per heavy atom. The second-order valence-electron chi connectivity index (χ2n) is 5.63. The van der Waals surface area contributed by atoms with Crippen molar-refractivity contribution in [2.24, 2.45) is 0 Å². The predicted molar refractivity (Wildman–Crippen MR) is 100.0 cm³/mol. The number of benzene rings is 2. The van der Waals surface area contributed by atoms with Crippen LogP contribution in [0.15, 0.2) is 60.9 Å². The summed E-state index contributed by atoms with van der Waals surface area (Å²) < 4.78 is 0. The van der Waals surface area contributed by atoms with Crippen molar-refractivity contribution in [3.63, 3.8) is 0 Å². The van der Waals surface area contributed by atoms with Crippen LogP contribution in [-0.2, 0) is 0 Å². The molecule has 26 heavy (non-hydrogen) atoms. The fourth-order valence-corrected chi connectivity index (χ4v) is 2.34. The lowest BCUT2D eigenvalue weighted by Crippen LogP contribution is -2.16. The Morgan fingerprint density at radius 2 is 1.54 bits per heavy atom. The first-order chi connectivity index (χ1) is 12.5. The molecule has 0 bridgehead atoms. The zero-order chi connectivity index (χ0) is 18.5. The quantitative estimate of drug-likeness (QED) is 0.672. The molecule has 3 aromatic rings. The third-order valence-electron chi connectivity index (χ3n) is 3.71. The molecule has 2 amide bonds. The lowest BCUT2D eigenvalue weighted by molar-refractivity contribution is 0.101. The van der Waals surface area contributed by atoms with E-state index in [9.17, 15) is 9.59 Å². The molecule has 7 heteroatoms. The largest absolute Gasteiger partial charge is 0.368 e.